The van der Waals surface area contributed by atoms with Gasteiger partial charge in [-0.05, 0) is 49.2 Å². The molecule has 1 amide bonds. The van der Waals surface area contributed by atoms with Crippen molar-refractivity contribution >= 4 is 27.7 Å². The van der Waals surface area contributed by atoms with E-state index in [0.717, 1.165) is 29.9 Å². The standard InChI is InChI=1S/C26H27N3O/c1-26(2,3)29-17-20(15-24(29)30)25-27-22-13-6-7-14-23(22)28(25)16-19-11-8-10-18-9-4-5-12-21(18)19/h4-14,20H,15-17H2,1-3H3/t20-/m1/s1. The summed E-state index contributed by atoms with van der Waals surface area (Å²) in [6.07, 6.45) is 0.524. The van der Waals surface area contributed by atoms with E-state index >= 15 is 0 Å². The molecule has 4 aromatic rings. The molecule has 4 heteroatoms. The molecule has 152 valence electrons. The first kappa shape index (κ1) is 18.9. The second-order valence-corrected chi connectivity index (χ2v) is 9.26. The summed E-state index contributed by atoms with van der Waals surface area (Å²) in [5, 5.41) is 2.51. The lowest BCUT2D eigenvalue weighted by molar-refractivity contribution is -0.131. The zero-order valence-electron chi connectivity index (χ0n) is 17.8. The minimum absolute atomic E-state index is 0.110. The van der Waals surface area contributed by atoms with Crippen molar-refractivity contribution in [2.24, 2.45) is 0 Å². The Bertz CT molecular complexity index is 1240. The number of hydrogen-bond acceptors (Lipinski definition) is 2. The van der Waals surface area contributed by atoms with Crippen LogP contribution in [0.2, 0.25) is 0 Å². The van der Waals surface area contributed by atoms with Gasteiger partial charge in [0.05, 0.1) is 11.0 Å². The molecule has 2 heterocycles. The molecular formula is C26H27N3O. The summed E-state index contributed by atoms with van der Waals surface area (Å²) in [7, 11) is 0. The van der Waals surface area contributed by atoms with Crippen LogP contribution >= 0.6 is 0 Å². The van der Waals surface area contributed by atoms with Crippen LogP contribution in [0.25, 0.3) is 21.8 Å². The van der Waals surface area contributed by atoms with Gasteiger partial charge in [0.25, 0.3) is 0 Å². The summed E-state index contributed by atoms with van der Waals surface area (Å²) in [6, 6.07) is 23.3. The van der Waals surface area contributed by atoms with Gasteiger partial charge in [-0.25, -0.2) is 4.98 Å². The van der Waals surface area contributed by atoms with Gasteiger partial charge >= 0.3 is 0 Å². The van der Waals surface area contributed by atoms with Gasteiger partial charge < -0.3 is 9.47 Å². The van der Waals surface area contributed by atoms with Gasteiger partial charge in [-0.2, -0.15) is 0 Å². The molecule has 0 spiro atoms. The predicted molar refractivity (Wildman–Crippen MR) is 122 cm³/mol. The molecule has 30 heavy (non-hydrogen) atoms. The van der Waals surface area contributed by atoms with Crippen molar-refractivity contribution < 1.29 is 4.79 Å². The average Bonchev–Trinajstić information content (AvgIpc) is 3.29. The number of aromatic nitrogens is 2. The number of hydrogen-bond donors (Lipinski definition) is 0. The van der Waals surface area contributed by atoms with Crippen LogP contribution in [-0.2, 0) is 11.3 Å². The highest BCUT2D eigenvalue weighted by Gasteiger charge is 2.39. The lowest BCUT2D eigenvalue weighted by Crippen LogP contribution is -2.42. The molecule has 1 aliphatic rings. The Morgan fingerprint density at radius 3 is 2.50 bits per heavy atom. The second kappa shape index (κ2) is 6.98. The number of benzene rings is 3. The molecule has 0 aliphatic carbocycles. The lowest BCUT2D eigenvalue weighted by atomic mass is 10.0. The molecule has 1 atom stereocenters. The Kier molecular flexibility index (Phi) is 4.39. The molecule has 5 rings (SSSR count). The van der Waals surface area contributed by atoms with Crippen molar-refractivity contribution in [1.82, 2.24) is 14.5 Å². The third kappa shape index (κ3) is 3.17. The van der Waals surface area contributed by atoms with Crippen molar-refractivity contribution in [1.29, 1.82) is 0 Å². The fourth-order valence-electron chi connectivity index (χ4n) is 4.70. The van der Waals surface area contributed by atoms with Gasteiger partial charge in [0.15, 0.2) is 0 Å². The molecule has 4 nitrogen and oxygen atoms in total. The summed E-state index contributed by atoms with van der Waals surface area (Å²) in [4.78, 5) is 19.8. The van der Waals surface area contributed by atoms with Gasteiger partial charge in [-0.3, -0.25) is 4.79 Å². The van der Waals surface area contributed by atoms with E-state index < -0.39 is 0 Å². The summed E-state index contributed by atoms with van der Waals surface area (Å²) in [6.45, 7) is 7.78. The van der Waals surface area contributed by atoms with E-state index in [0.29, 0.717) is 6.42 Å². The van der Waals surface area contributed by atoms with Crippen LogP contribution in [0.1, 0.15) is 44.5 Å². The Hall–Kier alpha value is -3.14. The van der Waals surface area contributed by atoms with E-state index in [4.69, 9.17) is 4.98 Å². The van der Waals surface area contributed by atoms with Crippen LogP contribution in [-0.4, -0.2) is 32.4 Å². The minimum atomic E-state index is -0.168. The highest BCUT2D eigenvalue weighted by molar-refractivity contribution is 5.86. The first-order valence-electron chi connectivity index (χ1n) is 10.6. The van der Waals surface area contributed by atoms with Crippen LogP contribution in [0.15, 0.2) is 66.7 Å². The highest BCUT2D eigenvalue weighted by atomic mass is 16.2. The molecule has 1 aromatic heterocycles. The number of para-hydroxylation sites is 2. The highest BCUT2D eigenvalue weighted by Crippen LogP contribution is 2.34. The molecule has 0 N–H and O–H groups in total. The van der Waals surface area contributed by atoms with Gasteiger partial charge in [-0.1, -0.05) is 54.6 Å². The number of likely N-dealkylation sites (tertiary alicyclic amines) is 1. The van der Waals surface area contributed by atoms with E-state index in [2.05, 4.69) is 86.0 Å². The predicted octanol–water partition coefficient (Wildman–Crippen LogP) is 5.35. The number of carbonyl (C=O) groups is 1. The number of fused-ring (bicyclic) bond motifs is 2. The van der Waals surface area contributed by atoms with Crippen molar-refractivity contribution in [3.8, 4) is 0 Å². The molecular weight excluding hydrogens is 370 g/mol. The van der Waals surface area contributed by atoms with Gasteiger partial charge in [0, 0.05) is 31.0 Å². The molecule has 0 unspecified atom stereocenters. The van der Waals surface area contributed by atoms with Crippen LogP contribution in [0, 0.1) is 0 Å². The minimum Gasteiger partial charge on any atom is -0.337 e. The Balaban J connectivity index is 1.61. The third-order valence-electron chi connectivity index (χ3n) is 6.19. The maximum absolute atomic E-state index is 12.8. The van der Waals surface area contributed by atoms with Crippen molar-refractivity contribution in [3.63, 3.8) is 0 Å². The summed E-state index contributed by atoms with van der Waals surface area (Å²) in [5.74, 6) is 1.35. The van der Waals surface area contributed by atoms with E-state index in [1.54, 1.807) is 0 Å². The largest absolute Gasteiger partial charge is 0.337 e. The molecule has 3 aromatic carbocycles. The Labute approximate surface area is 177 Å². The zero-order valence-corrected chi connectivity index (χ0v) is 17.8. The summed E-state index contributed by atoms with van der Waals surface area (Å²) >= 11 is 0. The molecule has 1 fully saturated rings. The van der Waals surface area contributed by atoms with E-state index in [9.17, 15) is 4.79 Å². The average molecular weight is 398 g/mol. The van der Waals surface area contributed by atoms with Crippen LogP contribution in [0.4, 0.5) is 0 Å². The third-order valence-corrected chi connectivity index (χ3v) is 6.19. The molecule has 0 saturated carbocycles. The first-order chi connectivity index (χ1) is 14.4. The van der Waals surface area contributed by atoms with Gasteiger partial charge in [0.2, 0.25) is 5.91 Å². The molecule has 1 aliphatic heterocycles. The Morgan fingerprint density at radius 1 is 0.967 bits per heavy atom. The normalized spacial score (nSPS) is 17.4. The topological polar surface area (TPSA) is 38.1 Å². The monoisotopic (exact) mass is 397 g/mol. The summed E-state index contributed by atoms with van der Waals surface area (Å²) < 4.78 is 2.32. The number of nitrogens with zero attached hydrogens (tertiary/aromatic N) is 3. The molecule has 1 saturated heterocycles. The first-order valence-corrected chi connectivity index (χ1v) is 10.6. The second-order valence-electron chi connectivity index (χ2n) is 9.26. The summed E-state index contributed by atoms with van der Waals surface area (Å²) in [5.41, 5.74) is 3.23. The van der Waals surface area contributed by atoms with E-state index in [-0.39, 0.29) is 17.4 Å². The Morgan fingerprint density at radius 2 is 1.70 bits per heavy atom. The fraction of sp³-hybridized carbons (Fsp3) is 0.308. The van der Waals surface area contributed by atoms with Crippen LogP contribution in [0.5, 0.6) is 0 Å². The SMILES string of the molecule is CC(C)(C)N1C[C@H](c2nc3ccccc3n2Cc2cccc3ccccc23)CC1=O. The molecule has 0 bridgehead atoms. The number of amides is 1. The zero-order chi connectivity index (χ0) is 20.9. The maximum atomic E-state index is 12.8. The van der Waals surface area contributed by atoms with E-state index in [1.165, 1.54) is 16.3 Å². The van der Waals surface area contributed by atoms with Crippen molar-refractivity contribution in [2.75, 3.05) is 6.54 Å². The van der Waals surface area contributed by atoms with Gasteiger partial charge in [0.1, 0.15) is 5.82 Å². The van der Waals surface area contributed by atoms with Crippen molar-refractivity contribution in [3.05, 3.63) is 78.1 Å². The van der Waals surface area contributed by atoms with Crippen molar-refractivity contribution in [2.45, 2.75) is 45.2 Å². The lowest BCUT2D eigenvalue weighted by Gasteiger charge is -2.32. The maximum Gasteiger partial charge on any atom is 0.223 e. The number of rotatable bonds is 3. The fourth-order valence-corrected chi connectivity index (χ4v) is 4.70. The van der Waals surface area contributed by atoms with Gasteiger partial charge in [-0.15, -0.1) is 0 Å². The molecule has 0 radical (unpaired) electrons. The number of imidazole rings is 1. The van der Waals surface area contributed by atoms with E-state index in [1.807, 2.05) is 11.0 Å². The van der Waals surface area contributed by atoms with Crippen LogP contribution in [0.3, 0.4) is 0 Å². The smallest absolute Gasteiger partial charge is 0.223 e. The van der Waals surface area contributed by atoms with Crippen LogP contribution < -0.4 is 0 Å². The number of carbonyl (C=O) groups excluding carboxylic acids is 1. The quantitative estimate of drug-likeness (QED) is 0.467.